The summed E-state index contributed by atoms with van der Waals surface area (Å²) in [5.41, 5.74) is 0.466. The lowest BCUT2D eigenvalue weighted by Gasteiger charge is -2.41. The highest BCUT2D eigenvalue weighted by Gasteiger charge is 2.33. The summed E-state index contributed by atoms with van der Waals surface area (Å²) in [4.78, 5) is 11.1. The van der Waals surface area contributed by atoms with Crippen LogP contribution in [0.4, 0.5) is 0 Å². The summed E-state index contributed by atoms with van der Waals surface area (Å²) in [6.45, 7) is 7.92. The zero-order valence-electron chi connectivity index (χ0n) is 11.4. The number of carbonyl (C=O) groups is 1. The van der Waals surface area contributed by atoms with E-state index in [0.717, 1.165) is 18.9 Å². The molecule has 17 heavy (non-hydrogen) atoms. The molecule has 3 unspecified atom stereocenters. The Morgan fingerprint density at radius 1 is 1.29 bits per heavy atom. The Morgan fingerprint density at radius 2 is 2.06 bits per heavy atom. The number of hydrogen-bond donors (Lipinski definition) is 2. The molecule has 3 heteroatoms. The van der Waals surface area contributed by atoms with E-state index in [4.69, 9.17) is 0 Å². The smallest absolute Gasteiger partial charge is 0.220 e. The minimum absolute atomic E-state index is 0.209. The average molecular weight is 238 g/mol. The highest BCUT2D eigenvalue weighted by molar-refractivity contribution is 5.76. The number of piperidine rings is 1. The van der Waals surface area contributed by atoms with Crippen LogP contribution in [0.3, 0.4) is 0 Å². The number of amides is 1. The van der Waals surface area contributed by atoms with E-state index in [2.05, 4.69) is 31.4 Å². The van der Waals surface area contributed by atoms with Gasteiger partial charge in [-0.05, 0) is 37.0 Å². The second-order valence-electron chi connectivity index (χ2n) is 6.82. The van der Waals surface area contributed by atoms with Crippen molar-refractivity contribution in [1.29, 1.82) is 0 Å². The molecular formula is C14H26N2O. The van der Waals surface area contributed by atoms with Gasteiger partial charge in [-0.1, -0.05) is 20.8 Å². The molecule has 2 fully saturated rings. The maximum absolute atomic E-state index is 11.1. The fourth-order valence-electron chi connectivity index (χ4n) is 3.68. The molecular weight excluding hydrogens is 212 g/mol. The third-order valence-corrected chi connectivity index (χ3v) is 4.12. The summed E-state index contributed by atoms with van der Waals surface area (Å²) < 4.78 is 0. The van der Waals surface area contributed by atoms with Crippen LogP contribution in [0.2, 0.25) is 0 Å². The Kier molecular flexibility index (Phi) is 3.76. The summed E-state index contributed by atoms with van der Waals surface area (Å²) in [6.07, 6.45) is 5.57. The van der Waals surface area contributed by atoms with Gasteiger partial charge in [0.05, 0.1) is 0 Å². The van der Waals surface area contributed by atoms with E-state index in [1.54, 1.807) is 0 Å². The van der Waals surface area contributed by atoms with Gasteiger partial charge in [-0.15, -0.1) is 0 Å². The molecule has 0 aromatic heterocycles. The van der Waals surface area contributed by atoms with E-state index >= 15 is 0 Å². The van der Waals surface area contributed by atoms with E-state index in [9.17, 15) is 4.79 Å². The minimum atomic E-state index is 0.209. The molecule has 0 aromatic carbocycles. The van der Waals surface area contributed by atoms with Crippen molar-refractivity contribution in [2.45, 2.75) is 65.0 Å². The molecule has 0 aromatic rings. The molecule has 1 amide bonds. The normalized spacial score (nSPS) is 37.6. The first-order valence-corrected chi connectivity index (χ1v) is 6.97. The third kappa shape index (κ3) is 3.70. The Balaban J connectivity index is 1.84. The molecule has 3 atom stereocenters. The van der Waals surface area contributed by atoms with Crippen molar-refractivity contribution in [1.82, 2.24) is 10.6 Å². The van der Waals surface area contributed by atoms with Crippen LogP contribution in [0.25, 0.3) is 0 Å². The third-order valence-electron chi connectivity index (χ3n) is 4.12. The van der Waals surface area contributed by atoms with Crippen molar-refractivity contribution in [3.05, 3.63) is 0 Å². The first-order valence-electron chi connectivity index (χ1n) is 6.97. The van der Waals surface area contributed by atoms with Gasteiger partial charge in [0.2, 0.25) is 5.91 Å². The van der Waals surface area contributed by atoms with Crippen molar-refractivity contribution < 1.29 is 4.79 Å². The van der Waals surface area contributed by atoms with E-state index in [1.807, 2.05) is 0 Å². The van der Waals surface area contributed by atoms with Gasteiger partial charge in [0, 0.05) is 25.0 Å². The molecule has 0 spiro atoms. The standard InChI is InChI=1S/C14H26N2O/c1-10-6-12(8-14(2,3)7-10)16-11-4-5-13(17)15-9-11/h10-12,16H,4-9H2,1-3H3,(H,15,17). The molecule has 98 valence electrons. The van der Waals surface area contributed by atoms with Crippen molar-refractivity contribution in [2.24, 2.45) is 11.3 Å². The van der Waals surface area contributed by atoms with Crippen molar-refractivity contribution in [3.63, 3.8) is 0 Å². The van der Waals surface area contributed by atoms with Crippen LogP contribution >= 0.6 is 0 Å². The Bertz CT molecular complexity index is 278. The molecule has 0 radical (unpaired) electrons. The molecule has 0 bridgehead atoms. The predicted octanol–water partition coefficient (Wildman–Crippen LogP) is 2.07. The summed E-state index contributed by atoms with van der Waals surface area (Å²) in [5, 5.41) is 6.70. The summed E-state index contributed by atoms with van der Waals surface area (Å²) >= 11 is 0. The van der Waals surface area contributed by atoms with Crippen LogP contribution in [0.15, 0.2) is 0 Å². The zero-order chi connectivity index (χ0) is 12.5. The van der Waals surface area contributed by atoms with Gasteiger partial charge in [-0.3, -0.25) is 4.79 Å². The van der Waals surface area contributed by atoms with Crippen LogP contribution < -0.4 is 10.6 Å². The van der Waals surface area contributed by atoms with Crippen LogP contribution in [0.5, 0.6) is 0 Å². The maximum atomic E-state index is 11.1. The molecule has 1 heterocycles. The largest absolute Gasteiger partial charge is 0.355 e. The highest BCUT2D eigenvalue weighted by atomic mass is 16.1. The van der Waals surface area contributed by atoms with Gasteiger partial charge in [0.1, 0.15) is 0 Å². The lowest BCUT2D eigenvalue weighted by atomic mass is 9.70. The van der Waals surface area contributed by atoms with Crippen LogP contribution in [-0.4, -0.2) is 24.5 Å². The number of nitrogens with one attached hydrogen (secondary N) is 2. The topological polar surface area (TPSA) is 41.1 Å². The Hall–Kier alpha value is -0.570. The van der Waals surface area contributed by atoms with E-state index in [1.165, 1.54) is 19.3 Å². The van der Waals surface area contributed by atoms with Crippen molar-refractivity contribution in [2.75, 3.05) is 6.54 Å². The van der Waals surface area contributed by atoms with Gasteiger partial charge in [-0.25, -0.2) is 0 Å². The summed E-state index contributed by atoms with van der Waals surface area (Å²) in [7, 11) is 0. The molecule has 2 N–H and O–H groups in total. The Labute approximate surface area is 105 Å². The van der Waals surface area contributed by atoms with E-state index in [-0.39, 0.29) is 5.91 Å². The van der Waals surface area contributed by atoms with E-state index in [0.29, 0.717) is 23.9 Å². The van der Waals surface area contributed by atoms with Gasteiger partial charge >= 0.3 is 0 Å². The SMILES string of the molecule is CC1CC(NC2CCC(=O)NC2)CC(C)(C)C1. The van der Waals surface area contributed by atoms with Crippen LogP contribution in [0, 0.1) is 11.3 Å². The van der Waals surface area contributed by atoms with Crippen LogP contribution in [0.1, 0.15) is 52.9 Å². The first kappa shape index (κ1) is 12.9. The monoisotopic (exact) mass is 238 g/mol. The maximum Gasteiger partial charge on any atom is 0.220 e. The number of hydrogen-bond acceptors (Lipinski definition) is 2. The van der Waals surface area contributed by atoms with Gasteiger partial charge in [0.25, 0.3) is 0 Å². The first-order chi connectivity index (χ1) is 7.94. The molecule has 2 aliphatic rings. The summed E-state index contributed by atoms with van der Waals surface area (Å²) in [6, 6.07) is 1.12. The number of carbonyl (C=O) groups excluding carboxylic acids is 1. The van der Waals surface area contributed by atoms with Crippen molar-refractivity contribution in [3.8, 4) is 0 Å². The fourth-order valence-corrected chi connectivity index (χ4v) is 3.68. The number of rotatable bonds is 2. The zero-order valence-corrected chi connectivity index (χ0v) is 11.4. The minimum Gasteiger partial charge on any atom is -0.355 e. The predicted molar refractivity (Wildman–Crippen MR) is 69.8 cm³/mol. The Morgan fingerprint density at radius 3 is 2.65 bits per heavy atom. The van der Waals surface area contributed by atoms with Gasteiger partial charge in [-0.2, -0.15) is 0 Å². The molecule has 1 aliphatic heterocycles. The van der Waals surface area contributed by atoms with E-state index < -0.39 is 0 Å². The quantitative estimate of drug-likeness (QED) is 0.773. The lowest BCUT2D eigenvalue weighted by molar-refractivity contribution is -0.122. The average Bonchev–Trinajstić information content (AvgIpc) is 2.18. The molecule has 3 nitrogen and oxygen atoms in total. The molecule has 2 rings (SSSR count). The highest BCUT2D eigenvalue weighted by Crippen LogP contribution is 2.38. The summed E-state index contributed by atoms with van der Waals surface area (Å²) in [5.74, 6) is 1.02. The van der Waals surface area contributed by atoms with Crippen molar-refractivity contribution >= 4 is 5.91 Å². The molecule has 1 saturated carbocycles. The fraction of sp³-hybridized carbons (Fsp3) is 0.929. The molecule has 1 saturated heterocycles. The van der Waals surface area contributed by atoms with Gasteiger partial charge < -0.3 is 10.6 Å². The van der Waals surface area contributed by atoms with Crippen LogP contribution in [-0.2, 0) is 4.79 Å². The molecule has 1 aliphatic carbocycles. The van der Waals surface area contributed by atoms with Gasteiger partial charge in [0.15, 0.2) is 0 Å². The lowest BCUT2D eigenvalue weighted by Crippen LogP contribution is -2.51. The second kappa shape index (κ2) is 4.97. The second-order valence-corrected chi connectivity index (χ2v) is 6.82.